The lowest BCUT2D eigenvalue weighted by molar-refractivity contribution is -0.125. The first-order valence-corrected chi connectivity index (χ1v) is 13.8. The molecule has 0 bridgehead atoms. The number of ether oxygens (including phenoxy) is 2. The zero-order chi connectivity index (χ0) is 26.9. The molecule has 0 spiro atoms. The number of nitrogens with one attached hydrogen (secondary N) is 1. The summed E-state index contributed by atoms with van der Waals surface area (Å²) in [6.45, 7) is 3.37. The smallest absolute Gasteiger partial charge is 0.254 e. The summed E-state index contributed by atoms with van der Waals surface area (Å²) in [5.41, 5.74) is 4.78. The number of nitrogens with zero attached hydrogens (tertiary/aromatic N) is 2. The Bertz CT molecular complexity index is 1370. The van der Waals surface area contributed by atoms with Gasteiger partial charge in [-0.05, 0) is 53.6 Å². The third-order valence-corrected chi connectivity index (χ3v) is 8.49. The van der Waals surface area contributed by atoms with Crippen LogP contribution in [0.5, 0.6) is 11.5 Å². The molecule has 202 valence electrons. The number of hydrogen-bond acceptors (Lipinski definition) is 5. The van der Waals surface area contributed by atoms with E-state index in [-0.39, 0.29) is 23.9 Å². The number of carbonyl (C=O) groups excluding carboxylic acids is 2. The molecule has 7 heteroatoms. The van der Waals surface area contributed by atoms with Crippen molar-refractivity contribution in [2.24, 2.45) is 0 Å². The number of amides is 2. The molecule has 0 aromatic heterocycles. The van der Waals surface area contributed by atoms with Crippen molar-refractivity contribution in [3.05, 3.63) is 94.5 Å². The van der Waals surface area contributed by atoms with Gasteiger partial charge in [-0.25, -0.2) is 0 Å². The zero-order valence-electron chi connectivity index (χ0n) is 22.6. The van der Waals surface area contributed by atoms with E-state index in [2.05, 4.69) is 46.6 Å². The molecule has 3 aromatic carbocycles. The second-order valence-electron chi connectivity index (χ2n) is 10.7. The van der Waals surface area contributed by atoms with E-state index >= 15 is 0 Å². The number of benzene rings is 3. The zero-order valence-corrected chi connectivity index (χ0v) is 22.6. The molecule has 3 aliphatic rings. The van der Waals surface area contributed by atoms with Crippen LogP contribution in [0.25, 0.3) is 0 Å². The SMILES string of the molecule is COc1cc2c(cc1OC)[C@@H](C(=O)NC1CCN(Cc3ccccc3)CC1)[C@H]1c3ccccc3CCN1C2=O. The Morgan fingerprint density at radius 1 is 0.897 bits per heavy atom. The van der Waals surface area contributed by atoms with E-state index in [1.54, 1.807) is 20.3 Å². The molecule has 6 rings (SSSR count). The van der Waals surface area contributed by atoms with Gasteiger partial charge in [0, 0.05) is 37.8 Å². The van der Waals surface area contributed by atoms with E-state index in [0.717, 1.165) is 44.5 Å². The lowest BCUT2D eigenvalue weighted by Crippen LogP contribution is -2.52. The van der Waals surface area contributed by atoms with Gasteiger partial charge in [-0.1, -0.05) is 54.6 Å². The minimum atomic E-state index is -0.540. The van der Waals surface area contributed by atoms with Crippen LogP contribution in [0.1, 0.15) is 57.4 Å². The first-order chi connectivity index (χ1) is 19.1. The van der Waals surface area contributed by atoms with Gasteiger partial charge in [0.15, 0.2) is 11.5 Å². The van der Waals surface area contributed by atoms with Crippen molar-refractivity contribution in [2.45, 2.75) is 43.8 Å². The average molecular weight is 526 g/mol. The molecule has 1 N–H and O–H groups in total. The molecule has 1 fully saturated rings. The van der Waals surface area contributed by atoms with Gasteiger partial charge in [0.05, 0.1) is 26.2 Å². The van der Waals surface area contributed by atoms with Gasteiger partial charge >= 0.3 is 0 Å². The van der Waals surface area contributed by atoms with Crippen molar-refractivity contribution in [2.75, 3.05) is 33.9 Å². The van der Waals surface area contributed by atoms with Crippen LogP contribution in [0.3, 0.4) is 0 Å². The number of piperidine rings is 1. The Hall–Kier alpha value is -3.84. The highest BCUT2D eigenvalue weighted by molar-refractivity contribution is 6.02. The number of rotatable bonds is 6. The first kappa shape index (κ1) is 25.4. The highest BCUT2D eigenvalue weighted by atomic mass is 16.5. The Morgan fingerprint density at radius 3 is 2.33 bits per heavy atom. The van der Waals surface area contributed by atoms with Crippen LogP contribution in [0.15, 0.2) is 66.7 Å². The van der Waals surface area contributed by atoms with E-state index in [9.17, 15) is 9.59 Å². The molecular weight excluding hydrogens is 490 g/mol. The third kappa shape index (κ3) is 4.76. The Labute approximate surface area is 229 Å². The summed E-state index contributed by atoms with van der Waals surface area (Å²) in [7, 11) is 3.14. The number of methoxy groups -OCH3 is 2. The van der Waals surface area contributed by atoms with Crippen molar-refractivity contribution >= 4 is 11.8 Å². The van der Waals surface area contributed by atoms with E-state index in [1.807, 2.05) is 29.2 Å². The summed E-state index contributed by atoms with van der Waals surface area (Å²) in [6, 6.07) is 22.0. The molecule has 3 aromatic rings. The summed E-state index contributed by atoms with van der Waals surface area (Å²) in [6.07, 6.45) is 2.57. The molecular formula is C32H35N3O4. The standard InChI is InChI=1S/C32H35N3O4/c1-38-27-18-25-26(19-28(27)39-2)32(37)35-17-12-22-10-6-7-11-24(22)30(35)29(25)31(36)33-23-13-15-34(16-14-23)20-21-8-4-3-5-9-21/h3-11,18-19,23,29-30H,12-17,20H2,1-2H3,(H,33,36)/t29-,30-/m1/s1. The summed E-state index contributed by atoms with van der Waals surface area (Å²) < 4.78 is 11.1. The summed E-state index contributed by atoms with van der Waals surface area (Å²) >= 11 is 0. The molecule has 0 unspecified atom stereocenters. The predicted octanol–water partition coefficient (Wildman–Crippen LogP) is 4.32. The van der Waals surface area contributed by atoms with Crippen LogP contribution in [0, 0.1) is 0 Å². The topological polar surface area (TPSA) is 71.1 Å². The highest BCUT2D eigenvalue weighted by Crippen LogP contribution is 2.48. The number of fused-ring (bicyclic) bond motifs is 4. The van der Waals surface area contributed by atoms with Gasteiger partial charge in [0.25, 0.3) is 5.91 Å². The normalized spacial score (nSPS) is 21.0. The second kappa shape index (κ2) is 10.7. The van der Waals surface area contributed by atoms with Crippen LogP contribution in [-0.2, 0) is 17.8 Å². The van der Waals surface area contributed by atoms with Crippen LogP contribution in [0.2, 0.25) is 0 Å². The Balaban J connectivity index is 1.29. The minimum Gasteiger partial charge on any atom is -0.493 e. The van der Waals surface area contributed by atoms with E-state index in [1.165, 1.54) is 11.1 Å². The molecule has 39 heavy (non-hydrogen) atoms. The highest BCUT2D eigenvalue weighted by Gasteiger charge is 2.47. The number of carbonyl (C=O) groups is 2. The van der Waals surface area contributed by atoms with Gasteiger partial charge in [-0.3, -0.25) is 14.5 Å². The van der Waals surface area contributed by atoms with Crippen molar-refractivity contribution in [1.82, 2.24) is 15.1 Å². The fraction of sp³-hybridized carbons (Fsp3) is 0.375. The van der Waals surface area contributed by atoms with Gasteiger partial charge < -0.3 is 19.7 Å². The minimum absolute atomic E-state index is 0.0378. The summed E-state index contributed by atoms with van der Waals surface area (Å²) in [5.74, 6) is 0.369. The Kier molecular flexibility index (Phi) is 7.00. The third-order valence-electron chi connectivity index (χ3n) is 8.49. The molecule has 3 heterocycles. The van der Waals surface area contributed by atoms with Gasteiger partial charge in [-0.2, -0.15) is 0 Å². The van der Waals surface area contributed by atoms with E-state index in [0.29, 0.717) is 29.2 Å². The van der Waals surface area contributed by atoms with Crippen molar-refractivity contribution in [1.29, 1.82) is 0 Å². The fourth-order valence-corrected chi connectivity index (χ4v) is 6.50. The lowest BCUT2D eigenvalue weighted by atomic mass is 9.75. The van der Waals surface area contributed by atoms with Gasteiger partial charge in [0.1, 0.15) is 0 Å². The van der Waals surface area contributed by atoms with Gasteiger partial charge in [-0.15, -0.1) is 0 Å². The quantitative estimate of drug-likeness (QED) is 0.519. The molecule has 0 radical (unpaired) electrons. The number of hydrogen-bond donors (Lipinski definition) is 1. The first-order valence-electron chi connectivity index (χ1n) is 13.8. The molecule has 2 amide bonds. The molecule has 3 aliphatic heterocycles. The van der Waals surface area contributed by atoms with Crippen molar-refractivity contribution in [3.8, 4) is 11.5 Å². The second-order valence-corrected chi connectivity index (χ2v) is 10.7. The lowest BCUT2D eigenvalue weighted by Gasteiger charge is -2.45. The molecule has 7 nitrogen and oxygen atoms in total. The van der Waals surface area contributed by atoms with Crippen molar-refractivity contribution in [3.63, 3.8) is 0 Å². The Morgan fingerprint density at radius 2 is 1.59 bits per heavy atom. The monoisotopic (exact) mass is 525 g/mol. The molecule has 2 atom stereocenters. The maximum Gasteiger partial charge on any atom is 0.254 e. The fourth-order valence-electron chi connectivity index (χ4n) is 6.50. The molecule has 0 saturated carbocycles. The molecule has 0 aliphatic carbocycles. The maximum absolute atomic E-state index is 14.2. The van der Waals surface area contributed by atoms with Gasteiger partial charge in [0.2, 0.25) is 5.91 Å². The van der Waals surface area contributed by atoms with Crippen LogP contribution < -0.4 is 14.8 Å². The van der Waals surface area contributed by atoms with E-state index in [4.69, 9.17) is 9.47 Å². The van der Waals surface area contributed by atoms with E-state index < -0.39 is 5.92 Å². The van der Waals surface area contributed by atoms with Crippen LogP contribution >= 0.6 is 0 Å². The van der Waals surface area contributed by atoms with Crippen LogP contribution in [0.4, 0.5) is 0 Å². The molecule has 1 saturated heterocycles. The van der Waals surface area contributed by atoms with Crippen molar-refractivity contribution < 1.29 is 19.1 Å². The summed E-state index contributed by atoms with van der Waals surface area (Å²) in [4.78, 5) is 32.3. The predicted molar refractivity (Wildman–Crippen MR) is 149 cm³/mol. The average Bonchev–Trinajstić information content (AvgIpc) is 2.98. The van der Waals surface area contributed by atoms with Crippen LogP contribution in [-0.4, -0.2) is 61.5 Å². The number of likely N-dealkylation sites (tertiary alicyclic amines) is 1. The maximum atomic E-state index is 14.2. The summed E-state index contributed by atoms with van der Waals surface area (Å²) in [5, 5.41) is 3.38. The largest absolute Gasteiger partial charge is 0.493 e.